The van der Waals surface area contributed by atoms with Crippen LogP contribution in [-0.4, -0.2) is 41.3 Å². The second-order valence-electron chi connectivity index (χ2n) is 4.58. The second kappa shape index (κ2) is 5.64. The van der Waals surface area contributed by atoms with E-state index in [1.807, 2.05) is 0 Å². The minimum absolute atomic E-state index is 0.113. The third-order valence-electron chi connectivity index (χ3n) is 3.23. The first-order valence-corrected chi connectivity index (χ1v) is 7.16. The molecule has 0 saturated carbocycles. The molecule has 0 bridgehead atoms. The van der Waals surface area contributed by atoms with E-state index in [0.29, 0.717) is 23.2 Å². The topological polar surface area (TPSA) is 68.2 Å². The molecule has 3 heterocycles. The Bertz CT molecular complexity index is 595. The predicted molar refractivity (Wildman–Crippen MR) is 75.1 cm³/mol. The molecule has 1 fully saturated rings. The Morgan fingerprint density at radius 1 is 1.40 bits per heavy atom. The van der Waals surface area contributed by atoms with Crippen molar-refractivity contribution in [1.82, 2.24) is 15.2 Å². The summed E-state index contributed by atoms with van der Waals surface area (Å²) in [6.45, 7) is 1.46. The van der Waals surface area contributed by atoms with Gasteiger partial charge in [0.15, 0.2) is 0 Å². The molecule has 0 radical (unpaired) electrons. The molecule has 1 atom stereocenters. The van der Waals surface area contributed by atoms with Crippen LogP contribution in [0.4, 0.5) is 5.13 Å². The van der Waals surface area contributed by atoms with Gasteiger partial charge in [0.25, 0.3) is 5.91 Å². The number of hydrogen-bond donors (Lipinski definition) is 0. The van der Waals surface area contributed by atoms with Gasteiger partial charge in [0.05, 0.1) is 6.61 Å². The Hall–Kier alpha value is -1.86. The fraction of sp³-hybridized carbons (Fsp3) is 0.385. The van der Waals surface area contributed by atoms with E-state index in [9.17, 15) is 4.79 Å². The number of anilines is 1. The van der Waals surface area contributed by atoms with Crippen molar-refractivity contribution >= 4 is 22.4 Å². The molecule has 1 aliphatic rings. The van der Waals surface area contributed by atoms with Crippen LogP contribution in [0.3, 0.4) is 0 Å². The van der Waals surface area contributed by atoms with Gasteiger partial charge in [-0.2, -0.15) is 0 Å². The summed E-state index contributed by atoms with van der Waals surface area (Å²) in [7, 11) is 1.71. The largest absolute Gasteiger partial charge is 0.381 e. The summed E-state index contributed by atoms with van der Waals surface area (Å²) in [6.07, 6.45) is 4.17. The summed E-state index contributed by atoms with van der Waals surface area (Å²) >= 11 is 1.45. The van der Waals surface area contributed by atoms with Gasteiger partial charge < -0.3 is 4.74 Å². The Balaban J connectivity index is 1.77. The highest BCUT2D eigenvalue weighted by atomic mass is 32.1. The Labute approximate surface area is 120 Å². The second-order valence-corrected chi connectivity index (χ2v) is 5.57. The number of amides is 1. The number of carbonyl (C=O) groups is 1. The summed E-state index contributed by atoms with van der Waals surface area (Å²) in [5.41, 5.74) is 0.587. The molecule has 0 aromatic carbocycles. The van der Waals surface area contributed by atoms with Gasteiger partial charge in [-0.3, -0.25) is 14.7 Å². The quantitative estimate of drug-likeness (QED) is 0.861. The van der Waals surface area contributed by atoms with Crippen LogP contribution in [0.25, 0.3) is 0 Å². The zero-order valence-corrected chi connectivity index (χ0v) is 11.8. The molecule has 1 saturated heterocycles. The van der Waals surface area contributed by atoms with Crippen molar-refractivity contribution < 1.29 is 9.53 Å². The lowest BCUT2D eigenvalue weighted by atomic mass is 10.1. The van der Waals surface area contributed by atoms with Gasteiger partial charge in [-0.1, -0.05) is 11.3 Å². The standard InChI is InChI=1S/C13H14N4O2S/c1-17(12(18)9-2-5-14-6-3-9)13-16-15-11(20-13)10-4-7-19-8-10/h2-3,5-6,10H,4,7-8H2,1H3/t10-/m0/s1. The Morgan fingerprint density at radius 3 is 2.90 bits per heavy atom. The van der Waals surface area contributed by atoms with Crippen molar-refractivity contribution in [3.05, 3.63) is 35.1 Å². The van der Waals surface area contributed by atoms with Crippen LogP contribution in [0, 0.1) is 0 Å². The third kappa shape index (κ3) is 2.54. The molecule has 7 heteroatoms. The van der Waals surface area contributed by atoms with Gasteiger partial charge >= 0.3 is 0 Å². The first kappa shape index (κ1) is 13.1. The SMILES string of the molecule is CN(C(=O)c1ccncc1)c1nnc([C@H]2CCOC2)s1. The van der Waals surface area contributed by atoms with Gasteiger partial charge in [-0.25, -0.2) is 0 Å². The molecule has 0 aliphatic carbocycles. The molecular formula is C13H14N4O2S. The van der Waals surface area contributed by atoms with Gasteiger partial charge in [0, 0.05) is 37.5 Å². The number of ether oxygens (including phenoxy) is 1. The lowest BCUT2D eigenvalue weighted by Gasteiger charge is -2.12. The minimum atomic E-state index is -0.113. The van der Waals surface area contributed by atoms with E-state index in [1.54, 1.807) is 31.6 Å². The molecule has 3 rings (SSSR count). The number of pyridine rings is 1. The number of hydrogen-bond acceptors (Lipinski definition) is 6. The van der Waals surface area contributed by atoms with Crippen LogP contribution in [-0.2, 0) is 4.74 Å². The predicted octanol–water partition coefficient (Wildman–Crippen LogP) is 1.71. The number of carbonyl (C=O) groups excluding carboxylic acids is 1. The van der Waals surface area contributed by atoms with Crippen molar-refractivity contribution in [3.63, 3.8) is 0 Å². The number of aromatic nitrogens is 3. The minimum Gasteiger partial charge on any atom is -0.381 e. The maximum atomic E-state index is 12.3. The third-order valence-corrected chi connectivity index (χ3v) is 4.39. The highest BCUT2D eigenvalue weighted by Crippen LogP contribution is 2.31. The Kier molecular flexibility index (Phi) is 3.70. The van der Waals surface area contributed by atoms with E-state index >= 15 is 0 Å². The smallest absolute Gasteiger partial charge is 0.259 e. The number of nitrogens with zero attached hydrogens (tertiary/aromatic N) is 4. The van der Waals surface area contributed by atoms with E-state index < -0.39 is 0 Å². The molecule has 2 aromatic heterocycles. The van der Waals surface area contributed by atoms with Gasteiger partial charge in [0.2, 0.25) is 5.13 Å². The zero-order valence-electron chi connectivity index (χ0n) is 11.0. The van der Waals surface area contributed by atoms with E-state index in [0.717, 1.165) is 18.0 Å². The van der Waals surface area contributed by atoms with E-state index in [4.69, 9.17) is 4.74 Å². The van der Waals surface area contributed by atoms with Crippen molar-refractivity contribution in [1.29, 1.82) is 0 Å². The molecule has 6 nitrogen and oxygen atoms in total. The van der Waals surface area contributed by atoms with E-state index in [1.165, 1.54) is 16.2 Å². The van der Waals surface area contributed by atoms with Crippen LogP contribution in [0.5, 0.6) is 0 Å². The van der Waals surface area contributed by atoms with Crippen LogP contribution < -0.4 is 4.90 Å². The Morgan fingerprint density at radius 2 is 2.20 bits per heavy atom. The summed E-state index contributed by atoms with van der Waals surface area (Å²) in [5, 5.41) is 9.83. The van der Waals surface area contributed by atoms with Gasteiger partial charge in [-0.15, -0.1) is 10.2 Å². The van der Waals surface area contributed by atoms with Crippen molar-refractivity contribution in [2.45, 2.75) is 12.3 Å². The lowest BCUT2D eigenvalue weighted by Crippen LogP contribution is -2.26. The van der Waals surface area contributed by atoms with Crippen molar-refractivity contribution in [2.24, 2.45) is 0 Å². The number of rotatable bonds is 3. The highest BCUT2D eigenvalue weighted by molar-refractivity contribution is 7.15. The van der Waals surface area contributed by atoms with Crippen LogP contribution in [0.15, 0.2) is 24.5 Å². The molecule has 0 spiro atoms. The first-order chi connectivity index (χ1) is 9.75. The van der Waals surface area contributed by atoms with Crippen molar-refractivity contribution in [2.75, 3.05) is 25.2 Å². The van der Waals surface area contributed by atoms with Crippen molar-refractivity contribution in [3.8, 4) is 0 Å². The average Bonchev–Trinajstić information content (AvgIpc) is 3.17. The van der Waals surface area contributed by atoms with E-state index in [-0.39, 0.29) is 5.91 Å². The summed E-state index contributed by atoms with van der Waals surface area (Å²) < 4.78 is 5.35. The fourth-order valence-corrected chi connectivity index (χ4v) is 2.95. The molecular weight excluding hydrogens is 276 g/mol. The maximum Gasteiger partial charge on any atom is 0.259 e. The molecule has 104 valence electrons. The van der Waals surface area contributed by atoms with Crippen LogP contribution in [0.1, 0.15) is 27.7 Å². The fourth-order valence-electron chi connectivity index (χ4n) is 2.03. The first-order valence-electron chi connectivity index (χ1n) is 6.35. The maximum absolute atomic E-state index is 12.3. The summed E-state index contributed by atoms with van der Waals surface area (Å²) in [4.78, 5) is 17.7. The lowest BCUT2D eigenvalue weighted by molar-refractivity contribution is 0.0992. The van der Waals surface area contributed by atoms with Crippen LogP contribution in [0.2, 0.25) is 0 Å². The monoisotopic (exact) mass is 290 g/mol. The molecule has 2 aromatic rings. The summed E-state index contributed by atoms with van der Waals surface area (Å²) in [6, 6.07) is 3.37. The van der Waals surface area contributed by atoms with Gasteiger partial charge in [-0.05, 0) is 18.6 Å². The molecule has 0 N–H and O–H groups in total. The highest BCUT2D eigenvalue weighted by Gasteiger charge is 2.24. The zero-order chi connectivity index (χ0) is 13.9. The molecule has 0 unspecified atom stereocenters. The molecule has 20 heavy (non-hydrogen) atoms. The summed E-state index contributed by atoms with van der Waals surface area (Å²) in [5.74, 6) is 0.198. The molecule has 1 amide bonds. The van der Waals surface area contributed by atoms with E-state index in [2.05, 4.69) is 15.2 Å². The normalized spacial score (nSPS) is 18.1. The average molecular weight is 290 g/mol. The molecule has 1 aliphatic heterocycles. The van der Waals surface area contributed by atoms with Gasteiger partial charge in [0.1, 0.15) is 5.01 Å². The van der Waals surface area contributed by atoms with Crippen LogP contribution >= 0.6 is 11.3 Å².